The normalized spacial score (nSPS) is 17.2. The van der Waals surface area contributed by atoms with E-state index in [2.05, 4.69) is 35.6 Å². The third-order valence-corrected chi connectivity index (χ3v) is 4.31. The largest absolute Gasteiger partial charge is 0.386 e. The quantitative estimate of drug-likeness (QED) is 0.905. The molecule has 2 aromatic rings. The lowest BCUT2D eigenvalue weighted by Gasteiger charge is -2.08. The summed E-state index contributed by atoms with van der Waals surface area (Å²) in [7, 11) is 0. The van der Waals surface area contributed by atoms with Gasteiger partial charge in [-0.2, -0.15) is 0 Å². The number of rotatable bonds is 5. The molecule has 1 heterocycles. The highest BCUT2D eigenvalue weighted by molar-refractivity contribution is 6.31. The first-order chi connectivity index (χ1) is 10.7. The first kappa shape index (κ1) is 15.1. The molecule has 0 amide bonds. The summed E-state index contributed by atoms with van der Waals surface area (Å²) >= 11 is 6.17. The monoisotopic (exact) mass is 315 g/mol. The first-order valence-electron chi connectivity index (χ1n) is 7.58. The van der Waals surface area contributed by atoms with Crippen molar-refractivity contribution in [3.63, 3.8) is 0 Å². The molecule has 0 saturated heterocycles. The second-order valence-corrected chi connectivity index (χ2v) is 6.01. The van der Waals surface area contributed by atoms with Crippen LogP contribution >= 0.6 is 11.6 Å². The zero-order valence-corrected chi connectivity index (χ0v) is 13.4. The molecule has 4 heteroatoms. The number of benzene rings is 2. The fraction of sp³-hybridized carbons (Fsp3) is 0.278. The molecule has 1 atom stereocenters. The minimum Gasteiger partial charge on any atom is -0.386 e. The molecule has 0 saturated carbocycles. The van der Waals surface area contributed by atoms with Crippen LogP contribution in [0.1, 0.15) is 23.1 Å². The highest BCUT2D eigenvalue weighted by atomic mass is 35.5. The topological polar surface area (TPSA) is 38.2 Å². The Hall–Kier alpha value is -1.84. The number of hydrogen-bond acceptors (Lipinski definition) is 2. The van der Waals surface area contributed by atoms with E-state index >= 15 is 0 Å². The van der Waals surface area contributed by atoms with Crippen LogP contribution in [0.5, 0.6) is 0 Å². The molecule has 2 N–H and O–H groups in total. The van der Waals surface area contributed by atoms with Crippen molar-refractivity contribution >= 4 is 17.3 Å². The second-order valence-electron chi connectivity index (χ2n) is 5.60. The Morgan fingerprint density at radius 2 is 1.95 bits per heavy atom. The summed E-state index contributed by atoms with van der Waals surface area (Å²) in [5, 5.41) is 7.31. The van der Waals surface area contributed by atoms with Crippen LogP contribution in [0.3, 0.4) is 0 Å². The van der Waals surface area contributed by atoms with Crippen molar-refractivity contribution < 1.29 is 10.2 Å². The van der Waals surface area contributed by atoms with Crippen molar-refractivity contribution in [3.05, 3.63) is 70.2 Å². The number of oxime groups is 1. The van der Waals surface area contributed by atoms with E-state index in [9.17, 15) is 0 Å². The Kier molecular flexibility index (Phi) is 4.76. The van der Waals surface area contributed by atoms with Crippen molar-refractivity contribution in [2.45, 2.75) is 26.0 Å². The molecule has 0 spiro atoms. The number of aryl methyl sites for hydroxylation is 1. The summed E-state index contributed by atoms with van der Waals surface area (Å²) < 4.78 is 0. The van der Waals surface area contributed by atoms with Crippen molar-refractivity contribution in [1.82, 2.24) is 0 Å². The molecule has 114 valence electrons. The molecule has 0 bridgehead atoms. The smallest absolute Gasteiger partial charge is 0.181 e. The Bertz CT molecular complexity index is 684. The fourth-order valence-electron chi connectivity index (χ4n) is 2.70. The van der Waals surface area contributed by atoms with Gasteiger partial charge in [0.1, 0.15) is 13.1 Å². The van der Waals surface area contributed by atoms with E-state index in [-0.39, 0.29) is 6.10 Å². The van der Waals surface area contributed by atoms with Gasteiger partial charge in [-0.3, -0.25) is 0 Å². The molecule has 0 aromatic heterocycles. The van der Waals surface area contributed by atoms with Crippen molar-refractivity contribution in [2.75, 3.05) is 6.54 Å². The molecule has 3 nitrogen and oxygen atoms in total. The van der Waals surface area contributed by atoms with E-state index in [1.165, 1.54) is 11.1 Å². The molecule has 1 aliphatic rings. The maximum absolute atomic E-state index is 6.17. The zero-order valence-electron chi connectivity index (χ0n) is 12.6. The number of nitrogens with zero attached hydrogens (tertiary/aromatic N) is 1. The van der Waals surface area contributed by atoms with Gasteiger partial charge in [0, 0.05) is 22.6 Å². The molecular formula is C18H20ClN2O+. The van der Waals surface area contributed by atoms with E-state index in [1.54, 1.807) is 0 Å². The summed E-state index contributed by atoms with van der Waals surface area (Å²) in [5.74, 6) is 0. The van der Waals surface area contributed by atoms with Gasteiger partial charge in [0.2, 0.25) is 0 Å². The summed E-state index contributed by atoms with van der Waals surface area (Å²) in [4.78, 5) is 5.57. The van der Waals surface area contributed by atoms with Gasteiger partial charge in [-0.15, -0.1) is 0 Å². The van der Waals surface area contributed by atoms with E-state index < -0.39 is 0 Å². The Morgan fingerprint density at radius 1 is 1.18 bits per heavy atom. The number of nitrogens with two attached hydrogens (primary N) is 1. The zero-order chi connectivity index (χ0) is 15.4. The lowest BCUT2D eigenvalue weighted by Crippen LogP contribution is -2.84. The van der Waals surface area contributed by atoms with Gasteiger partial charge in [0.05, 0.1) is 5.71 Å². The van der Waals surface area contributed by atoms with Crippen LogP contribution in [0.15, 0.2) is 53.7 Å². The maximum atomic E-state index is 6.17. The second kappa shape index (κ2) is 6.95. The van der Waals surface area contributed by atoms with Crippen molar-refractivity contribution in [3.8, 4) is 0 Å². The highest BCUT2D eigenvalue weighted by Crippen LogP contribution is 2.18. The van der Waals surface area contributed by atoms with Crippen LogP contribution in [0, 0.1) is 6.92 Å². The van der Waals surface area contributed by atoms with E-state index in [1.807, 2.05) is 30.3 Å². The predicted octanol–water partition coefficient (Wildman–Crippen LogP) is 2.91. The molecule has 0 fully saturated rings. The van der Waals surface area contributed by atoms with Gasteiger partial charge >= 0.3 is 0 Å². The average Bonchev–Trinajstić information content (AvgIpc) is 2.98. The van der Waals surface area contributed by atoms with E-state index in [0.29, 0.717) is 0 Å². The first-order valence-corrected chi connectivity index (χ1v) is 7.95. The number of hydrogen-bond donors (Lipinski definition) is 1. The van der Waals surface area contributed by atoms with Crippen LogP contribution in [0.4, 0.5) is 0 Å². The molecule has 2 aromatic carbocycles. The van der Waals surface area contributed by atoms with E-state index in [4.69, 9.17) is 16.4 Å². The van der Waals surface area contributed by atoms with Gasteiger partial charge < -0.3 is 10.2 Å². The van der Waals surface area contributed by atoms with Gasteiger partial charge in [-0.25, -0.2) is 0 Å². The summed E-state index contributed by atoms with van der Waals surface area (Å²) in [6.45, 7) is 3.85. The number of halogens is 1. The molecule has 0 aliphatic carbocycles. The third kappa shape index (κ3) is 3.49. The van der Waals surface area contributed by atoms with Crippen molar-refractivity contribution in [2.24, 2.45) is 5.16 Å². The Morgan fingerprint density at radius 3 is 2.77 bits per heavy atom. The van der Waals surface area contributed by atoms with Gasteiger partial charge in [-0.1, -0.05) is 59.2 Å². The van der Waals surface area contributed by atoms with Crippen LogP contribution in [-0.2, 0) is 11.4 Å². The summed E-state index contributed by atoms with van der Waals surface area (Å²) in [6.07, 6.45) is 1.00. The molecule has 0 radical (unpaired) electrons. The third-order valence-electron chi connectivity index (χ3n) is 3.94. The molecular weight excluding hydrogens is 296 g/mol. The molecule has 22 heavy (non-hydrogen) atoms. The van der Waals surface area contributed by atoms with Crippen LogP contribution in [0.25, 0.3) is 0 Å². The molecule has 0 unspecified atom stereocenters. The highest BCUT2D eigenvalue weighted by Gasteiger charge is 2.24. The van der Waals surface area contributed by atoms with Crippen LogP contribution in [0.2, 0.25) is 5.02 Å². The van der Waals surface area contributed by atoms with E-state index in [0.717, 1.165) is 35.8 Å². The average molecular weight is 316 g/mol. The fourth-order valence-corrected chi connectivity index (χ4v) is 2.91. The minimum atomic E-state index is 0.136. The summed E-state index contributed by atoms with van der Waals surface area (Å²) in [6, 6.07) is 16.3. The predicted molar refractivity (Wildman–Crippen MR) is 89.2 cm³/mol. The molecule has 1 aliphatic heterocycles. The van der Waals surface area contributed by atoms with Crippen LogP contribution in [-0.4, -0.2) is 18.4 Å². The summed E-state index contributed by atoms with van der Waals surface area (Å²) in [5.41, 5.74) is 4.64. The SMILES string of the molecule is Cc1ccccc1C1=NO[C@H](C[NH2+]Cc2ccccc2Cl)C1. The van der Waals surface area contributed by atoms with Gasteiger partial charge in [0.25, 0.3) is 0 Å². The minimum absolute atomic E-state index is 0.136. The van der Waals surface area contributed by atoms with Crippen molar-refractivity contribution in [1.29, 1.82) is 0 Å². The van der Waals surface area contributed by atoms with Gasteiger partial charge in [0.15, 0.2) is 6.10 Å². The Labute approximate surface area is 135 Å². The van der Waals surface area contributed by atoms with Gasteiger partial charge in [-0.05, 0) is 18.6 Å². The Balaban J connectivity index is 1.51. The number of quaternary nitrogens is 1. The lowest BCUT2D eigenvalue weighted by atomic mass is 10.0. The standard InChI is InChI=1S/C18H19ClN2O/c1-13-6-2-4-8-16(13)18-10-15(22-21-18)12-20-11-14-7-3-5-9-17(14)19/h2-9,15,20H,10-12H2,1H3/p+1/t15-/m0/s1. The van der Waals surface area contributed by atoms with Crippen LogP contribution < -0.4 is 5.32 Å². The molecule has 3 rings (SSSR count). The lowest BCUT2D eigenvalue weighted by molar-refractivity contribution is -0.676. The maximum Gasteiger partial charge on any atom is 0.181 e.